The number of phenolic OH excluding ortho intramolecular Hbond substituents is 1. The molecule has 0 fully saturated rings. The van der Waals surface area contributed by atoms with Gasteiger partial charge in [0.25, 0.3) is 0 Å². The van der Waals surface area contributed by atoms with Crippen LogP contribution in [0.3, 0.4) is 0 Å². The standard InChI is InChI=1S/C13H13NO5/c1-2-18-13(17)11-10(16)7-19-12(11)14-8-5-3-4-6-9(8)15/h3-6,14-15H,2,7H2,1H3. The minimum Gasteiger partial charge on any atom is -0.506 e. The van der Waals surface area contributed by atoms with Crippen LogP contribution in [0, 0.1) is 0 Å². The number of anilines is 1. The lowest BCUT2D eigenvalue weighted by atomic mass is 10.2. The molecular formula is C13H13NO5. The number of carbonyl (C=O) groups is 2. The molecule has 0 amide bonds. The number of ketones is 1. The lowest BCUT2D eigenvalue weighted by Gasteiger charge is -2.09. The molecule has 0 aromatic heterocycles. The van der Waals surface area contributed by atoms with Gasteiger partial charge in [-0.3, -0.25) is 4.79 Å². The number of benzene rings is 1. The third kappa shape index (κ3) is 2.67. The Bertz CT molecular complexity index is 550. The number of carbonyl (C=O) groups excluding carboxylic acids is 2. The average Bonchev–Trinajstić information content (AvgIpc) is 2.74. The highest BCUT2D eigenvalue weighted by Crippen LogP contribution is 2.26. The van der Waals surface area contributed by atoms with Crippen molar-refractivity contribution in [2.75, 3.05) is 18.5 Å². The lowest BCUT2D eigenvalue weighted by molar-refractivity contribution is -0.139. The van der Waals surface area contributed by atoms with E-state index in [1.807, 2.05) is 0 Å². The van der Waals surface area contributed by atoms with Crippen molar-refractivity contribution >= 4 is 17.4 Å². The maximum atomic E-state index is 11.7. The molecule has 1 aromatic rings. The van der Waals surface area contributed by atoms with E-state index >= 15 is 0 Å². The predicted octanol–water partition coefficient (Wildman–Crippen LogP) is 1.18. The number of phenols is 1. The van der Waals surface area contributed by atoms with Crippen LogP contribution in [0.1, 0.15) is 6.92 Å². The van der Waals surface area contributed by atoms with E-state index < -0.39 is 11.8 Å². The predicted molar refractivity (Wildman–Crippen MR) is 66.3 cm³/mol. The molecule has 2 rings (SSSR count). The van der Waals surface area contributed by atoms with E-state index in [2.05, 4.69) is 5.32 Å². The van der Waals surface area contributed by atoms with E-state index in [0.29, 0.717) is 5.69 Å². The third-order valence-corrected chi connectivity index (χ3v) is 2.49. The molecule has 2 N–H and O–H groups in total. The number of hydrogen-bond acceptors (Lipinski definition) is 6. The summed E-state index contributed by atoms with van der Waals surface area (Å²) >= 11 is 0. The molecule has 0 radical (unpaired) electrons. The summed E-state index contributed by atoms with van der Waals surface area (Å²) in [7, 11) is 0. The fourth-order valence-corrected chi connectivity index (χ4v) is 1.62. The summed E-state index contributed by atoms with van der Waals surface area (Å²) in [5.74, 6) is -1.19. The highest BCUT2D eigenvalue weighted by Gasteiger charge is 2.32. The van der Waals surface area contributed by atoms with Crippen molar-refractivity contribution in [3.05, 3.63) is 35.7 Å². The van der Waals surface area contributed by atoms with Crippen molar-refractivity contribution in [2.24, 2.45) is 0 Å². The molecule has 0 bridgehead atoms. The van der Waals surface area contributed by atoms with Crippen molar-refractivity contribution in [3.63, 3.8) is 0 Å². The van der Waals surface area contributed by atoms with Gasteiger partial charge in [-0.05, 0) is 19.1 Å². The summed E-state index contributed by atoms with van der Waals surface area (Å²) in [6.45, 7) is 1.60. The fourth-order valence-electron chi connectivity index (χ4n) is 1.62. The Morgan fingerprint density at radius 2 is 2.21 bits per heavy atom. The summed E-state index contributed by atoms with van der Waals surface area (Å²) in [6, 6.07) is 6.42. The summed E-state index contributed by atoms with van der Waals surface area (Å²) < 4.78 is 9.91. The molecule has 6 nitrogen and oxygen atoms in total. The average molecular weight is 263 g/mol. The summed E-state index contributed by atoms with van der Waals surface area (Å²) in [5.41, 5.74) is 0.180. The van der Waals surface area contributed by atoms with Gasteiger partial charge in [0.15, 0.2) is 12.2 Å². The van der Waals surface area contributed by atoms with Gasteiger partial charge in [-0.25, -0.2) is 4.79 Å². The van der Waals surface area contributed by atoms with E-state index in [1.165, 1.54) is 6.07 Å². The molecule has 0 aliphatic carbocycles. The first kappa shape index (κ1) is 12.9. The van der Waals surface area contributed by atoms with Crippen molar-refractivity contribution in [1.82, 2.24) is 0 Å². The van der Waals surface area contributed by atoms with Gasteiger partial charge in [0.1, 0.15) is 5.75 Å². The maximum absolute atomic E-state index is 11.7. The molecule has 1 aliphatic heterocycles. The molecule has 100 valence electrons. The number of aromatic hydroxyl groups is 1. The van der Waals surface area contributed by atoms with E-state index in [1.54, 1.807) is 25.1 Å². The first-order chi connectivity index (χ1) is 9.13. The fraction of sp³-hybridized carbons (Fsp3) is 0.231. The molecular weight excluding hydrogens is 250 g/mol. The Balaban J connectivity index is 2.28. The van der Waals surface area contributed by atoms with Crippen LogP contribution in [0.5, 0.6) is 5.75 Å². The zero-order chi connectivity index (χ0) is 13.8. The van der Waals surface area contributed by atoms with Gasteiger partial charge in [0, 0.05) is 0 Å². The van der Waals surface area contributed by atoms with Crippen molar-refractivity contribution in [2.45, 2.75) is 6.92 Å². The molecule has 0 atom stereocenters. The van der Waals surface area contributed by atoms with Gasteiger partial charge in [0.05, 0.1) is 12.3 Å². The number of para-hydroxylation sites is 2. The van der Waals surface area contributed by atoms with Crippen LogP contribution in [0.15, 0.2) is 35.7 Å². The topological polar surface area (TPSA) is 84.9 Å². The third-order valence-electron chi connectivity index (χ3n) is 2.49. The van der Waals surface area contributed by atoms with Crippen molar-refractivity contribution in [1.29, 1.82) is 0 Å². The Kier molecular flexibility index (Phi) is 3.70. The second-order valence-corrected chi connectivity index (χ2v) is 3.78. The van der Waals surface area contributed by atoms with Crippen LogP contribution in [0.4, 0.5) is 5.69 Å². The zero-order valence-corrected chi connectivity index (χ0v) is 10.3. The quantitative estimate of drug-likeness (QED) is 0.482. The summed E-state index contributed by atoms with van der Waals surface area (Å²) in [4.78, 5) is 23.2. The van der Waals surface area contributed by atoms with Crippen LogP contribution < -0.4 is 5.32 Å². The largest absolute Gasteiger partial charge is 0.506 e. The van der Waals surface area contributed by atoms with Crippen LogP contribution in [-0.4, -0.2) is 30.1 Å². The van der Waals surface area contributed by atoms with Crippen molar-refractivity contribution < 1.29 is 24.2 Å². The number of rotatable bonds is 4. The second-order valence-electron chi connectivity index (χ2n) is 3.78. The molecule has 6 heteroatoms. The summed E-state index contributed by atoms with van der Waals surface area (Å²) in [6.07, 6.45) is 0. The van der Waals surface area contributed by atoms with Crippen molar-refractivity contribution in [3.8, 4) is 5.75 Å². The number of hydrogen-bond donors (Lipinski definition) is 2. The normalized spacial score (nSPS) is 14.3. The second kappa shape index (κ2) is 5.43. The molecule has 1 heterocycles. The molecule has 19 heavy (non-hydrogen) atoms. The molecule has 1 aromatic carbocycles. The lowest BCUT2D eigenvalue weighted by Crippen LogP contribution is -2.16. The highest BCUT2D eigenvalue weighted by atomic mass is 16.5. The van der Waals surface area contributed by atoms with E-state index in [9.17, 15) is 14.7 Å². The number of Topliss-reactive ketones (excluding diaryl/α,β-unsaturated/α-hetero) is 1. The van der Waals surface area contributed by atoms with Crippen LogP contribution >= 0.6 is 0 Å². The van der Waals surface area contributed by atoms with E-state index in [-0.39, 0.29) is 30.4 Å². The Morgan fingerprint density at radius 3 is 2.89 bits per heavy atom. The van der Waals surface area contributed by atoms with Gasteiger partial charge in [0.2, 0.25) is 11.7 Å². The van der Waals surface area contributed by atoms with Gasteiger partial charge < -0.3 is 19.9 Å². The first-order valence-electron chi connectivity index (χ1n) is 5.76. The smallest absolute Gasteiger partial charge is 0.347 e. The van der Waals surface area contributed by atoms with E-state index in [4.69, 9.17) is 9.47 Å². The number of ether oxygens (including phenoxy) is 2. The number of nitrogens with one attached hydrogen (secondary N) is 1. The zero-order valence-electron chi connectivity index (χ0n) is 10.3. The highest BCUT2D eigenvalue weighted by molar-refractivity contribution is 6.19. The van der Waals surface area contributed by atoms with Crippen LogP contribution in [0.25, 0.3) is 0 Å². The maximum Gasteiger partial charge on any atom is 0.347 e. The molecule has 0 spiro atoms. The number of esters is 1. The Labute approximate surface area is 109 Å². The van der Waals surface area contributed by atoms with Crippen LogP contribution in [-0.2, 0) is 19.1 Å². The molecule has 1 aliphatic rings. The van der Waals surface area contributed by atoms with Gasteiger partial charge in [-0.15, -0.1) is 0 Å². The molecule has 0 unspecified atom stereocenters. The molecule has 0 saturated carbocycles. The van der Waals surface area contributed by atoms with Gasteiger partial charge in [-0.2, -0.15) is 0 Å². The SMILES string of the molecule is CCOC(=O)C1=C(Nc2ccccc2O)OCC1=O. The van der Waals surface area contributed by atoms with Crippen LogP contribution in [0.2, 0.25) is 0 Å². The minimum absolute atomic E-state index is 0.00458. The molecule has 0 saturated heterocycles. The summed E-state index contributed by atoms with van der Waals surface area (Å²) in [5, 5.41) is 12.3. The Hall–Kier alpha value is -2.50. The Morgan fingerprint density at radius 1 is 1.47 bits per heavy atom. The minimum atomic E-state index is -0.733. The van der Waals surface area contributed by atoms with Gasteiger partial charge in [-0.1, -0.05) is 12.1 Å². The van der Waals surface area contributed by atoms with E-state index in [0.717, 1.165) is 0 Å². The monoisotopic (exact) mass is 263 g/mol. The first-order valence-corrected chi connectivity index (χ1v) is 5.76. The van der Waals surface area contributed by atoms with Gasteiger partial charge >= 0.3 is 5.97 Å².